The Labute approximate surface area is 138 Å². The number of fused-ring (bicyclic) bond motifs is 1. The number of carbonyl (C=O) groups is 1. The molecule has 24 heavy (non-hydrogen) atoms. The van der Waals surface area contributed by atoms with Gasteiger partial charge in [0.1, 0.15) is 12.1 Å². The van der Waals surface area contributed by atoms with Gasteiger partial charge in [-0.05, 0) is 23.8 Å². The van der Waals surface area contributed by atoms with Gasteiger partial charge < -0.3 is 14.5 Å². The minimum atomic E-state index is -0.199. The van der Waals surface area contributed by atoms with Crippen molar-refractivity contribution < 1.29 is 4.79 Å². The number of hydrogen-bond acceptors (Lipinski definition) is 3. The zero-order valence-electron chi connectivity index (χ0n) is 13.4. The van der Waals surface area contributed by atoms with Crippen molar-refractivity contribution in [3.05, 3.63) is 58.6 Å². The summed E-state index contributed by atoms with van der Waals surface area (Å²) in [6.45, 7) is 0.0470. The molecule has 2 heterocycles. The number of H-pyrrole nitrogens is 1. The van der Waals surface area contributed by atoms with Crippen LogP contribution in [0.25, 0.3) is 22.0 Å². The monoisotopic (exact) mass is 320 g/mol. The lowest BCUT2D eigenvalue weighted by atomic mass is 10.0. The summed E-state index contributed by atoms with van der Waals surface area (Å²) in [4.78, 5) is 28.6. The first kappa shape index (κ1) is 15.6. The molecule has 0 spiro atoms. The summed E-state index contributed by atoms with van der Waals surface area (Å²) in [7, 11) is 3.30. The van der Waals surface area contributed by atoms with E-state index in [4.69, 9.17) is 5.26 Å². The number of benzene rings is 1. The Morgan fingerprint density at radius 3 is 2.67 bits per heavy atom. The maximum absolute atomic E-state index is 12.2. The van der Waals surface area contributed by atoms with Gasteiger partial charge in [0, 0.05) is 43.0 Å². The zero-order valence-corrected chi connectivity index (χ0v) is 13.4. The largest absolute Gasteiger partial charge is 0.357 e. The summed E-state index contributed by atoms with van der Waals surface area (Å²) in [5.74, 6) is -0.199. The van der Waals surface area contributed by atoms with Crippen LogP contribution in [-0.4, -0.2) is 34.0 Å². The summed E-state index contributed by atoms with van der Waals surface area (Å²) < 4.78 is 1.54. The quantitative estimate of drug-likeness (QED) is 0.751. The molecule has 0 saturated carbocycles. The van der Waals surface area contributed by atoms with Gasteiger partial charge in [0.15, 0.2) is 0 Å². The summed E-state index contributed by atoms with van der Waals surface area (Å²) in [5.41, 5.74) is 2.83. The highest BCUT2D eigenvalue weighted by Gasteiger charge is 2.13. The maximum atomic E-state index is 12.2. The molecule has 0 unspecified atom stereocenters. The Hall–Kier alpha value is -3.33. The van der Waals surface area contributed by atoms with Crippen molar-refractivity contribution in [3.63, 3.8) is 0 Å². The highest BCUT2D eigenvalue weighted by Crippen LogP contribution is 2.26. The number of aryl methyl sites for hydroxylation is 1. The lowest BCUT2D eigenvalue weighted by Crippen LogP contribution is -2.26. The molecule has 0 aliphatic heterocycles. The lowest BCUT2D eigenvalue weighted by molar-refractivity contribution is 0.0812. The Kier molecular flexibility index (Phi) is 3.92. The van der Waals surface area contributed by atoms with Gasteiger partial charge in [-0.3, -0.25) is 9.59 Å². The number of carbonyl (C=O) groups excluding carboxylic acids is 1. The molecule has 0 atom stereocenters. The highest BCUT2D eigenvalue weighted by molar-refractivity contribution is 5.97. The van der Waals surface area contributed by atoms with Gasteiger partial charge in [0.25, 0.3) is 11.5 Å². The van der Waals surface area contributed by atoms with Crippen LogP contribution < -0.4 is 5.56 Å². The average Bonchev–Trinajstić information content (AvgIpc) is 3.08. The van der Waals surface area contributed by atoms with Crippen LogP contribution in [0, 0.1) is 11.3 Å². The Balaban J connectivity index is 2.02. The average molecular weight is 320 g/mol. The number of hydrogen-bond donors (Lipinski definition) is 1. The number of aromatic amines is 1. The van der Waals surface area contributed by atoms with E-state index in [2.05, 4.69) is 4.98 Å². The Bertz CT molecular complexity index is 1010. The number of nitrogens with zero attached hydrogens (tertiary/aromatic N) is 3. The van der Waals surface area contributed by atoms with Crippen LogP contribution in [-0.2, 0) is 7.05 Å². The van der Waals surface area contributed by atoms with Crippen molar-refractivity contribution in [2.75, 3.05) is 13.6 Å². The van der Waals surface area contributed by atoms with Crippen LogP contribution in [0.15, 0.2) is 47.5 Å². The van der Waals surface area contributed by atoms with Crippen LogP contribution in [0.4, 0.5) is 0 Å². The molecule has 6 heteroatoms. The van der Waals surface area contributed by atoms with Gasteiger partial charge in [-0.15, -0.1) is 0 Å². The SMILES string of the molecule is CN(CC#N)C(=O)c1ccc(-c2cn(C)c(=O)c3[nH]ccc23)cc1. The zero-order chi connectivity index (χ0) is 17.3. The molecule has 1 N–H and O–H groups in total. The first-order chi connectivity index (χ1) is 11.5. The molecule has 3 rings (SSSR count). The van der Waals surface area contributed by atoms with E-state index in [1.54, 1.807) is 38.6 Å². The third kappa shape index (κ3) is 2.57. The van der Waals surface area contributed by atoms with Crippen LogP contribution in [0.5, 0.6) is 0 Å². The van der Waals surface area contributed by atoms with E-state index in [-0.39, 0.29) is 18.0 Å². The highest BCUT2D eigenvalue weighted by atomic mass is 16.2. The molecule has 0 fully saturated rings. The number of rotatable bonds is 3. The second-order valence-corrected chi connectivity index (χ2v) is 5.62. The fourth-order valence-corrected chi connectivity index (χ4v) is 2.69. The first-order valence-corrected chi connectivity index (χ1v) is 7.42. The molecule has 1 amide bonds. The van der Waals surface area contributed by atoms with E-state index < -0.39 is 0 Å². The normalized spacial score (nSPS) is 10.5. The second kappa shape index (κ2) is 6.05. The fourth-order valence-electron chi connectivity index (χ4n) is 2.69. The molecule has 6 nitrogen and oxygen atoms in total. The number of aromatic nitrogens is 2. The molecular formula is C18H16N4O2. The van der Waals surface area contributed by atoms with E-state index in [9.17, 15) is 9.59 Å². The summed E-state index contributed by atoms with van der Waals surface area (Å²) in [6.07, 6.45) is 3.53. The molecule has 3 aromatic rings. The summed E-state index contributed by atoms with van der Waals surface area (Å²) in [6, 6.07) is 11.0. The molecule has 0 aliphatic rings. The van der Waals surface area contributed by atoms with Crippen molar-refractivity contribution in [1.29, 1.82) is 5.26 Å². The van der Waals surface area contributed by atoms with Gasteiger partial charge in [-0.1, -0.05) is 12.1 Å². The van der Waals surface area contributed by atoms with E-state index in [0.717, 1.165) is 16.5 Å². The molecule has 0 aliphatic carbocycles. The predicted molar refractivity (Wildman–Crippen MR) is 91.5 cm³/mol. The molecular weight excluding hydrogens is 304 g/mol. The second-order valence-electron chi connectivity index (χ2n) is 5.62. The van der Waals surface area contributed by atoms with Gasteiger partial charge in [-0.2, -0.15) is 5.26 Å². The van der Waals surface area contributed by atoms with Crippen molar-refractivity contribution >= 4 is 16.8 Å². The fraction of sp³-hybridized carbons (Fsp3) is 0.167. The lowest BCUT2D eigenvalue weighted by Gasteiger charge is -2.13. The molecule has 0 saturated heterocycles. The molecule has 0 radical (unpaired) electrons. The van der Waals surface area contributed by atoms with Crippen LogP contribution in [0.3, 0.4) is 0 Å². The minimum absolute atomic E-state index is 0.0470. The Morgan fingerprint density at radius 2 is 2.00 bits per heavy atom. The van der Waals surface area contributed by atoms with Gasteiger partial charge in [0.05, 0.1) is 6.07 Å². The number of amides is 1. The Morgan fingerprint density at radius 1 is 1.29 bits per heavy atom. The molecule has 120 valence electrons. The van der Waals surface area contributed by atoms with Gasteiger partial charge >= 0.3 is 0 Å². The van der Waals surface area contributed by atoms with Crippen molar-refractivity contribution in [2.45, 2.75) is 0 Å². The summed E-state index contributed by atoms with van der Waals surface area (Å²) in [5, 5.41) is 9.53. The third-order valence-corrected chi connectivity index (χ3v) is 3.99. The predicted octanol–water partition coefficient (Wildman–Crippen LogP) is 2.13. The molecule has 1 aromatic carbocycles. The maximum Gasteiger partial charge on any atom is 0.274 e. The van der Waals surface area contributed by atoms with Crippen molar-refractivity contribution in [1.82, 2.24) is 14.5 Å². The number of nitrogens with one attached hydrogen (secondary N) is 1. The standard InChI is InChI=1S/C18H16N4O2/c1-21(10-8-19)17(23)13-5-3-12(4-6-13)15-11-22(2)18(24)16-14(15)7-9-20-16/h3-7,9,11,20H,10H2,1-2H3. The first-order valence-electron chi connectivity index (χ1n) is 7.42. The van der Waals surface area contributed by atoms with Crippen molar-refractivity contribution in [2.24, 2.45) is 7.05 Å². The van der Waals surface area contributed by atoms with E-state index in [1.165, 1.54) is 9.47 Å². The van der Waals surface area contributed by atoms with Gasteiger partial charge in [-0.25, -0.2) is 0 Å². The summed E-state index contributed by atoms with van der Waals surface area (Å²) >= 11 is 0. The van der Waals surface area contributed by atoms with E-state index in [0.29, 0.717) is 11.1 Å². The van der Waals surface area contributed by atoms with Gasteiger partial charge in [0.2, 0.25) is 0 Å². The van der Waals surface area contributed by atoms with Crippen molar-refractivity contribution in [3.8, 4) is 17.2 Å². The minimum Gasteiger partial charge on any atom is -0.357 e. The number of pyridine rings is 1. The third-order valence-electron chi connectivity index (χ3n) is 3.99. The smallest absolute Gasteiger partial charge is 0.274 e. The molecule has 0 bridgehead atoms. The topological polar surface area (TPSA) is 81.9 Å². The molecule has 2 aromatic heterocycles. The van der Waals surface area contributed by atoms with E-state index >= 15 is 0 Å². The van der Waals surface area contributed by atoms with E-state index in [1.807, 2.05) is 24.3 Å². The van der Waals surface area contributed by atoms with Crippen LogP contribution >= 0.6 is 0 Å². The number of nitriles is 1. The van der Waals surface area contributed by atoms with Crippen LogP contribution in [0.2, 0.25) is 0 Å². The van der Waals surface area contributed by atoms with Crippen LogP contribution in [0.1, 0.15) is 10.4 Å².